The van der Waals surface area contributed by atoms with Gasteiger partial charge in [-0.3, -0.25) is 4.57 Å². The van der Waals surface area contributed by atoms with E-state index in [4.69, 9.17) is 9.97 Å². The van der Waals surface area contributed by atoms with E-state index in [2.05, 4.69) is 112 Å². The molecule has 0 saturated carbocycles. The first kappa shape index (κ1) is 25.4. The standard InChI is InChI=1S/C43H23N5/c44-24-25-10-9-12-27(22-25)40-30-15-3-6-17-34(30)45-43(46-40)48-37-21-20-26-11-1-2-13-28(26)38(37)33-23-32-29-14-4-7-18-35(29)47-36-19-8-5-16-31(36)39(41(32)47)42(33)48/h1-23H. The Kier molecular flexibility index (Phi) is 4.85. The largest absolute Gasteiger partial charge is 0.308 e. The van der Waals surface area contributed by atoms with Crippen molar-refractivity contribution < 1.29 is 0 Å². The van der Waals surface area contributed by atoms with Gasteiger partial charge in [-0.1, -0.05) is 97.1 Å². The third-order valence-corrected chi connectivity index (χ3v) is 10.0. The molecule has 0 spiro atoms. The van der Waals surface area contributed by atoms with Gasteiger partial charge in [-0.25, -0.2) is 9.97 Å². The molecule has 4 aromatic heterocycles. The average Bonchev–Trinajstić information content (AvgIpc) is 3.79. The van der Waals surface area contributed by atoms with Crippen molar-refractivity contribution in [3.05, 3.63) is 145 Å². The Bertz CT molecular complexity index is 3190. The fraction of sp³-hybridized carbons (Fsp3) is 0. The lowest BCUT2D eigenvalue weighted by Crippen LogP contribution is -2.03. The van der Waals surface area contributed by atoms with E-state index in [1.807, 2.05) is 42.5 Å². The molecule has 7 aromatic carbocycles. The summed E-state index contributed by atoms with van der Waals surface area (Å²) in [6.07, 6.45) is 0. The lowest BCUT2D eigenvalue weighted by Gasteiger charge is -2.12. The van der Waals surface area contributed by atoms with Crippen molar-refractivity contribution in [2.75, 3.05) is 0 Å². The quantitative estimate of drug-likeness (QED) is 0.196. The molecule has 0 aliphatic rings. The molecule has 11 rings (SSSR count). The molecular weight excluding hydrogens is 587 g/mol. The number of fused-ring (bicyclic) bond motifs is 13. The monoisotopic (exact) mass is 609 g/mol. The first-order chi connectivity index (χ1) is 23.8. The fourth-order valence-electron chi connectivity index (χ4n) is 8.10. The van der Waals surface area contributed by atoms with Crippen molar-refractivity contribution in [2.45, 2.75) is 0 Å². The second kappa shape index (κ2) is 9.16. The van der Waals surface area contributed by atoms with Crippen LogP contribution in [0.2, 0.25) is 0 Å². The minimum atomic E-state index is 0.597. The molecule has 11 aromatic rings. The van der Waals surface area contributed by atoms with E-state index < -0.39 is 0 Å². The summed E-state index contributed by atoms with van der Waals surface area (Å²) in [7, 11) is 0. The number of rotatable bonds is 2. The molecule has 0 aliphatic carbocycles. The summed E-state index contributed by atoms with van der Waals surface area (Å²) in [6, 6.07) is 51.0. The Hall–Kier alpha value is -6.77. The second-order valence-electron chi connectivity index (χ2n) is 12.5. The molecule has 0 radical (unpaired) electrons. The first-order valence-corrected chi connectivity index (χ1v) is 16.1. The summed E-state index contributed by atoms with van der Waals surface area (Å²) in [5, 5.41) is 20.3. The van der Waals surface area contributed by atoms with Gasteiger partial charge in [0.1, 0.15) is 0 Å². The lowest BCUT2D eigenvalue weighted by molar-refractivity contribution is 1.02. The highest BCUT2D eigenvalue weighted by molar-refractivity contribution is 6.36. The Morgan fingerprint density at radius 1 is 0.500 bits per heavy atom. The number of aromatic nitrogens is 4. The number of hydrogen-bond acceptors (Lipinski definition) is 3. The van der Waals surface area contributed by atoms with Crippen LogP contribution in [0.4, 0.5) is 0 Å². The minimum Gasteiger partial charge on any atom is -0.308 e. The van der Waals surface area contributed by atoms with Gasteiger partial charge in [-0.2, -0.15) is 5.26 Å². The molecule has 0 amide bonds. The average molecular weight is 610 g/mol. The van der Waals surface area contributed by atoms with E-state index in [0.717, 1.165) is 33.2 Å². The van der Waals surface area contributed by atoms with Gasteiger partial charge < -0.3 is 4.40 Å². The van der Waals surface area contributed by atoms with E-state index in [-0.39, 0.29) is 0 Å². The van der Waals surface area contributed by atoms with Crippen LogP contribution in [-0.4, -0.2) is 18.9 Å². The Morgan fingerprint density at radius 3 is 2.08 bits per heavy atom. The van der Waals surface area contributed by atoms with E-state index in [1.165, 1.54) is 59.6 Å². The zero-order chi connectivity index (χ0) is 31.5. The molecular formula is C43H23N5. The van der Waals surface area contributed by atoms with Crippen LogP contribution in [0.25, 0.3) is 98.8 Å². The van der Waals surface area contributed by atoms with Crippen molar-refractivity contribution in [3.63, 3.8) is 0 Å². The van der Waals surface area contributed by atoms with E-state index in [0.29, 0.717) is 11.5 Å². The molecule has 4 heterocycles. The van der Waals surface area contributed by atoms with Gasteiger partial charge in [0.15, 0.2) is 0 Å². The van der Waals surface area contributed by atoms with Gasteiger partial charge in [0, 0.05) is 43.3 Å². The minimum absolute atomic E-state index is 0.597. The van der Waals surface area contributed by atoms with E-state index in [1.54, 1.807) is 0 Å². The summed E-state index contributed by atoms with van der Waals surface area (Å²) < 4.78 is 4.70. The number of nitriles is 1. The summed E-state index contributed by atoms with van der Waals surface area (Å²) in [5.41, 5.74) is 8.88. The van der Waals surface area contributed by atoms with Gasteiger partial charge >= 0.3 is 0 Å². The van der Waals surface area contributed by atoms with Gasteiger partial charge in [0.05, 0.1) is 50.4 Å². The normalized spacial score (nSPS) is 12.1. The lowest BCUT2D eigenvalue weighted by atomic mass is 10.0. The molecule has 0 unspecified atom stereocenters. The maximum atomic E-state index is 9.74. The number of benzene rings is 7. The third-order valence-electron chi connectivity index (χ3n) is 10.0. The molecule has 0 N–H and O–H groups in total. The van der Waals surface area contributed by atoms with Crippen LogP contribution in [0.15, 0.2) is 140 Å². The van der Waals surface area contributed by atoms with Crippen molar-refractivity contribution in [1.82, 2.24) is 18.9 Å². The van der Waals surface area contributed by atoms with Crippen molar-refractivity contribution in [2.24, 2.45) is 0 Å². The van der Waals surface area contributed by atoms with Crippen LogP contribution >= 0.6 is 0 Å². The molecule has 0 saturated heterocycles. The highest BCUT2D eigenvalue weighted by Crippen LogP contribution is 2.47. The second-order valence-corrected chi connectivity index (χ2v) is 12.5. The molecule has 0 bridgehead atoms. The van der Waals surface area contributed by atoms with Crippen LogP contribution in [-0.2, 0) is 0 Å². The molecule has 0 atom stereocenters. The number of nitrogens with zero attached hydrogens (tertiary/aromatic N) is 5. The smallest absolute Gasteiger partial charge is 0.235 e. The van der Waals surface area contributed by atoms with Gasteiger partial charge in [-0.05, 0) is 53.2 Å². The van der Waals surface area contributed by atoms with E-state index in [9.17, 15) is 5.26 Å². The fourth-order valence-corrected chi connectivity index (χ4v) is 8.10. The van der Waals surface area contributed by atoms with Gasteiger partial charge in [0.25, 0.3) is 0 Å². The topological polar surface area (TPSA) is 58.9 Å². The summed E-state index contributed by atoms with van der Waals surface area (Å²) in [6.45, 7) is 0. The van der Waals surface area contributed by atoms with Gasteiger partial charge in [-0.15, -0.1) is 0 Å². The van der Waals surface area contributed by atoms with Crippen molar-refractivity contribution >= 4 is 81.6 Å². The number of para-hydroxylation sites is 3. The summed E-state index contributed by atoms with van der Waals surface area (Å²) >= 11 is 0. The SMILES string of the molecule is N#Cc1cccc(-c2nc(-n3c4ccc5ccccc5c4c4cc5c6ccccc6n6c7ccccc7c(c43)c56)nc3ccccc23)c1. The first-order valence-electron chi connectivity index (χ1n) is 16.1. The zero-order valence-electron chi connectivity index (χ0n) is 25.5. The van der Waals surface area contributed by atoms with Crippen LogP contribution in [0.3, 0.4) is 0 Å². The van der Waals surface area contributed by atoms with Crippen LogP contribution < -0.4 is 0 Å². The van der Waals surface area contributed by atoms with Crippen LogP contribution in [0.1, 0.15) is 5.56 Å². The summed E-state index contributed by atoms with van der Waals surface area (Å²) in [5.74, 6) is 0.601. The maximum Gasteiger partial charge on any atom is 0.235 e. The highest BCUT2D eigenvalue weighted by atomic mass is 15.2. The number of hydrogen-bond donors (Lipinski definition) is 0. The van der Waals surface area contributed by atoms with Crippen LogP contribution in [0, 0.1) is 11.3 Å². The van der Waals surface area contributed by atoms with Crippen molar-refractivity contribution in [3.8, 4) is 23.3 Å². The zero-order valence-corrected chi connectivity index (χ0v) is 25.5. The maximum absolute atomic E-state index is 9.74. The highest BCUT2D eigenvalue weighted by Gasteiger charge is 2.26. The van der Waals surface area contributed by atoms with Crippen molar-refractivity contribution in [1.29, 1.82) is 5.26 Å². The van der Waals surface area contributed by atoms with E-state index >= 15 is 0 Å². The molecule has 0 fully saturated rings. The molecule has 48 heavy (non-hydrogen) atoms. The predicted molar refractivity (Wildman–Crippen MR) is 196 cm³/mol. The molecule has 220 valence electrons. The molecule has 5 nitrogen and oxygen atoms in total. The molecule has 0 aliphatic heterocycles. The molecule has 5 heteroatoms. The van der Waals surface area contributed by atoms with Crippen LogP contribution in [0.5, 0.6) is 0 Å². The Labute approximate surface area is 273 Å². The third kappa shape index (κ3) is 3.18. The predicted octanol–water partition coefficient (Wildman–Crippen LogP) is 10.6. The Morgan fingerprint density at radius 2 is 1.23 bits per heavy atom. The summed E-state index contributed by atoms with van der Waals surface area (Å²) in [4.78, 5) is 10.7. The van der Waals surface area contributed by atoms with Gasteiger partial charge in [0.2, 0.25) is 5.95 Å². The Balaban J connectivity index is 1.41.